The Bertz CT molecular complexity index is 1150. The van der Waals surface area contributed by atoms with E-state index in [1.165, 1.54) is 6.26 Å². The Kier molecular flexibility index (Phi) is 4.75. The molecular weight excluding hydrogens is 392 g/mol. The summed E-state index contributed by atoms with van der Waals surface area (Å²) in [4.78, 5) is 41.5. The minimum atomic E-state index is -0.220. The number of Topliss-reactive ketones (excluding diaryl/α,β-unsaturated/α-hetero) is 2. The average molecular weight is 412 g/mol. The zero-order valence-electron chi connectivity index (χ0n) is 16.8. The molecule has 6 nitrogen and oxygen atoms in total. The molecule has 154 valence electrons. The molecule has 0 radical (unpaired) electrons. The van der Waals surface area contributed by atoms with Gasteiger partial charge in [0.2, 0.25) is 0 Å². The fourth-order valence-electron chi connectivity index (χ4n) is 4.08. The van der Waals surface area contributed by atoms with Crippen LogP contribution in [-0.4, -0.2) is 48.6 Å². The largest absolute Gasteiger partial charge is 0.459 e. The third-order valence-electron chi connectivity index (χ3n) is 5.77. The maximum Gasteiger partial charge on any atom is 0.289 e. The summed E-state index contributed by atoms with van der Waals surface area (Å²) in [5.74, 6) is -0.161. The first-order valence-electron chi connectivity index (χ1n) is 10.2. The van der Waals surface area contributed by atoms with Gasteiger partial charge in [0, 0.05) is 43.0 Å². The van der Waals surface area contributed by atoms with E-state index in [4.69, 9.17) is 4.42 Å². The lowest BCUT2D eigenvalue weighted by Gasteiger charge is -2.35. The van der Waals surface area contributed by atoms with Crippen molar-refractivity contribution in [1.29, 1.82) is 0 Å². The summed E-state index contributed by atoms with van der Waals surface area (Å²) in [7, 11) is 0. The van der Waals surface area contributed by atoms with Gasteiger partial charge in [-0.15, -0.1) is 0 Å². The Morgan fingerprint density at radius 2 is 1.45 bits per heavy atom. The van der Waals surface area contributed by atoms with Crippen molar-refractivity contribution in [2.45, 2.75) is 0 Å². The number of nitrogens with zero attached hydrogens (tertiary/aromatic N) is 2. The van der Waals surface area contributed by atoms with Crippen LogP contribution < -0.4 is 4.90 Å². The molecular formula is C25H20N2O4. The fourth-order valence-corrected chi connectivity index (χ4v) is 4.08. The standard InChI is InChI=1S/C25H20N2O4/c28-23-19-4-1-2-5-20(19)24(29)21(23)16-17-7-9-18(10-8-17)26-11-13-27(14-12-26)25(30)22-6-3-15-31-22/h1-10,15-16H,11-14H2. The second-order valence-electron chi connectivity index (χ2n) is 7.61. The van der Waals surface area contributed by atoms with Gasteiger partial charge in [0.1, 0.15) is 0 Å². The van der Waals surface area contributed by atoms with Crippen molar-refractivity contribution in [3.63, 3.8) is 0 Å². The van der Waals surface area contributed by atoms with Crippen molar-refractivity contribution in [1.82, 2.24) is 4.90 Å². The van der Waals surface area contributed by atoms with E-state index in [2.05, 4.69) is 4.90 Å². The minimum absolute atomic E-state index is 0.0847. The van der Waals surface area contributed by atoms with Gasteiger partial charge in [-0.05, 0) is 35.9 Å². The van der Waals surface area contributed by atoms with Crippen molar-refractivity contribution in [2.24, 2.45) is 0 Å². The summed E-state index contributed by atoms with van der Waals surface area (Å²) < 4.78 is 5.21. The average Bonchev–Trinajstić information content (AvgIpc) is 3.44. The van der Waals surface area contributed by atoms with Crippen LogP contribution in [-0.2, 0) is 0 Å². The highest BCUT2D eigenvalue weighted by Gasteiger charge is 2.32. The lowest BCUT2D eigenvalue weighted by Crippen LogP contribution is -2.48. The Hall–Kier alpha value is -3.93. The molecule has 6 heteroatoms. The monoisotopic (exact) mass is 412 g/mol. The van der Waals surface area contributed by atoms with Gasteiger partial charge in [-0.1, -0.05) is 36.4 Å². The Morgan fingerprint density at radius 3 is 2.03 bits per heavy atom. The van der Waals surface area contributed by atoms with Crippen LogP contribution in [0.15, 0.2) is 76.9 Å². The number of carbonyl (C=O) groups is 3. The Balaban J connectivity index is 1.26. The lowest BCUT2D eigenvalue weighted by molar-refractivity contribution is 0.0714. The van der Waals surface area contributed by atoms with Gasteiger partial charge in [-0.3, -0.25) is 14.4 Å². The van der Waals surface area contributed by atoms with Crippen molar-refractivity contribution < 1.29 is 18.8 Å². The zero-order chi connectivity index (χ0) is 21.4. The number of hydrogen-bond donors (Lipinski definition) is 0. The van der Waals surface area contributed by atoms with Gasteiger partial charge in [-0.25, -0.2) is 0 Å². The maximum absolute atomic E-state index is 12.6. The molecule has 0 saturated carbocycles. The van der Waals surface area contributed by atoms with E-state index in [1.807, 2.05) is 24.3 Å². The Morgan fingerprint density at radius 1 is 0.806 bits per heavy atom. The van der Waals surface area contributed by atoms with Gasteiger partial charge in [0.15, 0.2) is 17.3 Å². The van der Waals surface area contributed by atoms with Crippen LogP contribution in [0.4, 0.5) is 5.69 Å². The van der Waals surface area contributed by atoms with E-state index in [-0.39, 0.29) is 23.0 Å². The molecule has 2 aliphatic rings. The van der Waals surface area contributed by atoms with Crippen LogP contribution in [0, 0.1) is 0 Å². The predicted octanol–water partition coefficient (Wildman–Crippen LogP) is 3.70. The number of rotatable bonds is 3. The number of carbonyl (C=O) groups excluding carboxylic acids is 3. The highest BCUT2D eigenvalue weighted by Crippen LogP contribution is 2.28. The van der Waals surface area contributed by atoms with Crippen LogP contribution in [0.25, 0.3) is 6.08 Å². The van der Waals surface area contributed by atoms with Gasteiger partial charge < -0.3 is 14.2 Å². The summed E-state index contributed by atoms with van der Waals surface area (Å²) in [6, 6.07) is 18.1. The number of furan rings is 1. The van der Waals surface area contributed by atoms with E-state index in [0.717, 1.165) is 24.3 Å². The highest BCUT2D eigenvalue weighted by molar-refractivity contribution is 6.41. The Labute approximate surface area is 179 Å². The number of anilines is 1. The molecule has 1 aromatic heterocycles. The normalized spacial score (nSPS) is 15.9. The zero-order valence-corrected chi connectivity index (χ0v) is 16.8. The molecule has 1 aliphatic heterocycles. The number of fused-ring (bicyclic) bond motifs is 1. The first-order chi connectivity index (χ1) is 15.1. The van der Waals surface area contributed by atoms with Crippen LogP contribution in [0.3, 0.4) is 0 Å². The first kappa shape index (κ1) is 19.1. The topological polar surface area (TPSA) is 70.8 Å². The molecule has 2 aromatic carbocycles. The van der Waals surface area contributed by atoms with E-state index in [1.54, 1.807) is 47.4 Å². The molecule has 5 rings (SSSR count). The van der Waals surface area contributed by atoms with Crippen molar-refractivity contribution in [3.05, 3.63) is 95.0 Å². The molecule has 1 fully saturated rings. The molecule has 0 N–H and O–H groups in total. The van der Waals surface area contributed by atoms with Gasteiger partial charge >= 0.3 is 0 Å². The third kappa shape index (κ3) is 3.46. The SMILES string of the molecule is O=C1C(=Cc2ccc(N3CCN(C(=O)c4ccco4)CC3)cc2)C(=O)c2ccccc21. The number of benzene rings is 2. The van der Waals surface area contributed by atoms with Crippen molar-refractivity contribution in [2.75, 3.05) is 31.1 Å². The van der Waals surface area contributed by atoms with E-state index in [9.17, 15) is 14.4 Å². The number of piperazine rings is 1. The van der Waals surface area contributed by atoms with Crippen molar-refractivity contribution >= 4 is 29.2 Å². The first-order valence-corrected chi connectivity index (χ1v) is 10.2. The third-order valence-corrected chi connectivity index (χ3v) is 5.77. The molecule has 31 heavy (non-hydrogen) atoms. The lowest BCUT2D eigenvalue weighted by atomic mass is 10.1. The summed E-state index contributed by atoms with van der Waals surface area (Å²) in [6.45, 7) is 2.68. The molecule has 2 heterocycles. The van der Waals surface area contributed by atoms with Crippen LogP contribution in [0.1, 0.15) is 36.8 Å². The molecule has 0 unspecified atom stereocenters. The highest BCUT2D eigenvalue weighted by atomic mass is 16.3. The number of allylic oxidation sites excluding steroid dienone is 1. The number of amides is 1. The molecule has 3 aromatic rings. The van der Waals surface area contributed by atoms with Gasteiger partial charge in [-0.2, -0.15) is 0 Å². The van der Waals surface area contributed by atoms with Crippen LogP contribution in [0.2, 0.25) is 0 Å². The quantitative estimate of drug-likeness (QED) is 0.485. The number of hydrogen-bond acceptors (Lipinski definition) is 5. The number of ketones is 2. The summed E-state index contributed by atoms with van der Waals surface area (Å²) in [6.07, 6.45) is 3.17. The summed E-state index contributed by atoms with van der Waals surface area (Å²) in [5.41, 5.74) is 2.99. The van der Waals surface area contributed by atoms with E-state index in [0.29, 0.717) is 30.0 Å². The van der Waals surface area contributed by atoms with Crippen LogP contribution in [0.5, 0.6) is 0 Å². The molecule has 1 amide bonds. The summed E-state index contributed by atoms with van der Waals surface area (Å²) >= 11 is 0. The van der Waals surface area contributed by atoms with E-state index >= 15 is 0 Å². The maximum atomic E-state index is 12.6. The van der Waals surface area contributed by atoms with Gasteiger partial charge in [0.25, 0.3) is 5.91 Å². The second kappa shape index (κ2) is 7.72. The molecule has 1 aliphatic carbocycles. The second-order valence-corrected chi connectivity index (χ2v) is 7.61. The van der Waals surface area contributed by atoms with Crippen molar-refractivity contribution in [3.8, 4) is 0 Å². The predicted molar refractivity (Wildman–Crippen MR) is 116 cm³/mol. The van der Waals surface area contributed by atoms with Gasteiger partial charge in [0.05, 0.1) is 11.8 Å². The molecule has 0 spiro atoms. The fraction of sp³-hybridized carbons (Fsp3) is 0.160. The summed E-state index contributed by atoms with van der Waals surface area (Å²) in [5, 5.41) is 0. The smallest absolute Gasteiger partial charge is 0.289 e. The minimum Gasteiger partial charge on any atom is -0.459 e. The molecule has 1 saturated heterocycles. The molecule has 0 bridgehead atoms. The van der Waals surface area contributed by atoms with E-state index < -0.39 is 0 Å². The molecule has 0 atom stereocenters. The van der Waals surface area contributed by atoms with Crippen LogP contribution >= 0.6 is 0 Å².